The van der Waals surface area contributed by atoms with Gasteiger partial charge in [-0.2, -0.15) is 0 Å². The minimum Gasteiger partial charge on any atom is -0.329 e. The van der Waals surface area contributed by atoms with E-state index in [9.17, 15) is 13.6 Å². The molecule has 66 valence electrons. The van der Waals surface area contributed by atoms with E-state index in [1.54, 1.807) is 0 Å². The maximum Gasteiger partial charge on any atom is 0.257 e. The zero-order valence-corrected chi connectivity index (χ0v) is 6.13. The fourth-order valence-corrected chi connectivity index (χ4v) is 0.833. The SMILES string of the molecule is NC(c1ccc[nH]c1=O)C(F)F. The Morgan fingerprint density at radius 3 is 2.67 bits per heavy atom. The van der Waals surface area contributed by atoms with E-state index in [0.717, 1.165) is 0 Å². The van der Waals surface area contributed by atoms with Gasteiger partial charge in [0.25, 0.3) is 12.0 Å². The van der Waals surface area contributed by atoms with Crippen LogP contribution in [0.3, 0.4) is 0 Å². The maximum atomic E-state index is 12.0. The molecule has 0 aliphatic rings. The Labute approximate surface area is 67.2 Å². The molecule has 0 amide bonds. The third-order valence-corrected chi connectivity index (χ3v) is 1.48. The lowest BCUT2D eigenvalue weighted by Gasteiger charge is -2.08. The van der Waals surface area contributed by atoms with Gasteiger partial charge in [-0.1, -0.05) is 6.07 Å². The highest BCUT2D eigenvalue weighted by molar-refractivity contribution is 5.14. The summed E-state index contributed by atoms with van der Waals surface area (Å²) >= 11 is 0. The van der Waals surface area contributed by atoms with Gasteiger partial charge in [0.15, 0.2) is 0 Å². The molecule has 5 heteroatoms. The summed E-state index contributed by atoms with van der Waals surface area (Å²) < 4.78 is 24.0. The van der Waals surface area contributed by atoms with Crippen LogP contribution in [0.2, 0.25) is 0 Å². The van der Waals surface area contributed by atoms with Crippen molar-refractivity contribution in [2.24, 2.45) is 5.73 Å². The largest absolute Gasteiger partial charge is 0.329 e. The molecular weight excluding hydrogens is 166 g/mol. The van der Waals surface area contributed by atoms with Crippen LogP contribution in [0.1, 0.15) is 11.6 Å². The molecule has 1 unspecified atom stereocenters. The van der Waals surface area contributed by atoms with Gasteiger partial charge in [-0.3, -0.25) is 4.79 Å². The van der Waals surface area contributed by atoms with Crippen molar-refractivity contribution in [3.05, 3.63) is 34.2 Å². The third-order valence-electron chi connectivity index (χ3n) is 1.48. The fraction of sp³-hybridized carbons (Fsp3) is 0.286. The highest BCUT2D eigenvalue weighted by Crippen LogP contribution is 2.12. The second-order valence-corrected chi connectivity index (χ2v) is 2.31. The number of nitrogens with two attached hydrogens (primary N) is 1. The summed E-state index contributed by atoms with van der Waals surface area (Å²) in [4.78, 5) is 13.2. The number of alkyl halides is 2. The molecule has 0 aromatic carbocycles. The summed E-state index contributed by atoms with van der Waals surface area (Å²) in [7, 11) is 0. The van der Waals surface area contributed by atoms with Crippen LogP contribution in [0.4, 0.5) is 8.78 Å². The molecule has 1 aromatic rings. The topological polar surface area (TPSA) is 58.9 Å². The average molecular weight is 174 g/mol. The van der Waals surface area contributed by atoms with E-state index in [4.69, 9.17) is 5.73 Å². The summed E-state index contributed by atoms with van der Waals surface area (Å²) in [6.07, 6.45) is -1.35. The van der Waals surface area contributed by atoms with Gasteiger partial charge in [-0.15, -0.1) is 0 Å². The lowest BCUT2D eigenvalue weighted by atomic mass is 10.1. The van der Waals surface area contributed by atoms with E-state index in [2.05, 4.69) is 4.98 Å². The smallest absolute Gasteiger partial charge is 0.257 e. The Bertz CT molecular complexity index is 310. The van der Waals surface area contributed by atoms with Crippen LogP contribution in [0, 0.1) is 0 Å². The van der Waals surface area contributed by atoms with Crippen molar-refractivity contribution in [1.29, 1.82) is 0 Å². The van der Waals surface area contributed by atoms with Gasteiger partial charge in [0.1, 0.15) is 0 Å². The van der Waals surface area contributed by atoms with Crippen molar-refractivity contribution >= 4 is 0 Å². The first-order valence-electron chi connectivity index (χ1n) is 3.34. The van der Waals surface area contributed by atoms with Crippen molar-refractivity contribution in [2.45, 2.75) is 12.5 Å². The summed E-state index contributed by atoms with van der Waals surface area (Å²) in [5.41, 5.74) is 4.41. The zero-order chi connectivity index (χ0) is 9.14. The van der Waals surface area contributed by atoms with E-state index in [1.165, 1.54) is 18.3 Å². The van der Waals surface area contributed by atoms with Gasteiger partial charge < -0.3 is 10.7 Å². The van der Waals surface area contributed by atoms with E-state index >= 15 is 0 Å². The minimum absolute atomic E-state index is 0.0903. The zero-order valence-electron chi connectivity index (χ0n) is 6.13. The molecule has 0 radical (unpaired) electrons. The van der Waals surface area contributed by atoms with Crippen molar-refractivity contribution in [3.63, 3.8) is 0 Å². The Morgan fingerprint density at radius 2 is 2.17 bits per heavy atom. The molecule has 1 atom stereocenters. The second-order valence-electron chi connectivity index (χ2n) is 2.31. The molecule has 3 N–H and O–H groups in total. The molecule has 0 spiro atoms. The normalized spacial score (nSPS) is 13.3. The van der Waals surface area contributed by atoms with Crippen molar-refractivity contribution in [3.8, 4) is 0 Å². The first-order chi connectivity index (χ1) is 5.63. The number of aromatic nitrogens is 1. The standard InChI is InChI=1S/C7H8F2N2O/c8-6(9)5(10)4-2-1-3-11-7(4)12/h1-3,5-6H,10H2,(H,11,12). The summed E-state index contributed by atoms with van der Waals surface area (Å²) in [5, 5.41) is 0. The van der Waals surface area contributed by atoms with Gasteiger partial charge in [0.05, 0.1) is 6.04 Å². The Balaban J connectivity index is 3.03. The minimum atomic E-state index is -2.71. The van der Waals surface area contributed by atoms with Gasteiger partial charge >= 0.3 is 0 Å². The molecular formula is C7H8F2N2O. The van der Waals surface area contributed by atoms with E-state index < -0.39 is 18.0 Å². The molecule has 0 saturated heterocycles. The molecule has 12 heavy (non-hydrogen) atoms. The molecule has 3 nitrogen and oxygen atoms in total. The second kappa shape index (κ2) is 3.44. The molecule has 1 heterocycles. The molecule has 1 aromatic heterocycles. The quantitative estimate of drug-likeness (QED) is 0.691. The third kappa shape index (κ3) is 1.68. The van der Waals surface area contributed by atoms with Crippen molar-refractivity contribution < 1.29 is 8.78 Å². The van der Waals surface area contributed by atoms with Crippen LogP contribution in [-0.2, 0) is 0 Å². The number of halogens is 2. The monoisotopic (exact) mass is 174 g/mol. The number of pyridine rings is 1. The van der Waals surface area contributed by atoms with Crippen LogP contribution < -0.4 is 11.3 Å². The number of nitrogens with one attached hydrogen (secondary N) is 1. The fourth-order valence-electron chi connectivity index (χ4n) is 0.833. The van der Waals surface area contributed by atoms with E-state index in [0.29, 0.717) is 0 Å². The number of hydrogen-bond donors (Lipinski definition) is 2. The number of rotatable bonds is 2. The lowest BCUT2D eigenvalue weighted by Crippen LogP contribution is -2.26. The summed E-state index contributed by atoms with van der Waals surface area (Å²) in [6, 6.07) is 1.24. The number of H-pyrrole nitrogens is 1. The highest BCUT2D eigenvalue weighted by Gasteiger charge is 2.19. The Kier molecular flexibility index (Phi) is 2.54. The van der Waals surface area contributed by atoms with Crippen LogP contribution in [0.5, 0.6) is 0 Å². The highest BCUT2D eigenvalue weighted by atomic mass is 19.3. The molecule has 0 bridgehead atoms. The Morgan fingerprint density at radius 1 is 1.50 bits per heavy atom. The molecule has 0 aliphatic heterocycles. The van der Waals surface area contributed by atoms with Crippen LogP contribution in [0.15, 0.2) is 23.1 Å². The van der Waals surface area contributed by atoms with Crippen LogP contribution in [-0.4, -0.2) is 11.4 Å². The van der Waals surface area contributed by atoms with Gasteiger partial charge in [0, 0.05) is 11.8 Å². The Hall–Kier alpha value is -1.23. The molecule has 0 saturated carbocycles. The van der Waals surface area contributed by atoms with Crippen LogP contribution >= 0.6 is 0 Å². The maximum absolute atomic E-state index is 12.0. The lowest BCUT2D eigenvalue weighted by molar-refractivity contribution is 0.116. The average Bonchev–Trinajstić information content (AvgIpc) is 2.04. The van der Waals surface area contributed by atoms with Gasteiger partial charge in [0.2, 0.25) is 0 Å². The van der Waals surface area contributed by atoms with Crippen molar-refractivity contribution in [1.82, 2.24) is 4.98 Å². The van der Waals surface area contributed by atoms with E-state index in [1.807, 2.05) is 0 Å². The van der Waals surface area contributed by atoms with Crippen LogP contribution in [0.25, 0.3) is 0 Å². The number of aromatic amines is 1. The van der Waals surface area contributed by atoms with E-state index in [-0.39, 0.29) is 5.56 Å². The summed E-state index contributed by atoms with van der Waals surface area (Å²) in [6.45, 7) is 0. The first kappa shape index (κ1) is 8.86. The van der Waals surface area contributed by atoms with Gasteiger partial charge in [-0.05, 0) is 6.07 Å². The molecule has 1 rings (SSSR count). The summed E-state index contributed by atoms with van der Waals surface area (Å²) in [5.74, 6) is 0. The first-order valence-corrected chi connectivity index (χ1v) is 3.34. The molecule has 0 fully saturated rings. The predicted molar refractivity (Wildman–Crippen MR) is 40.0 cm³/mol. The predicted octanol–water partition coefficient (Wildman–Crippen LogP) is 0.640. The van der Waals surface area contributed by atoms with Gasteiger partial charge in [-0.25, -0.2) is 8.78 Å². The number of hydrogen-bond acceptors (Lipinski definition) is 2. The molecule has 0 aliphatic carbocycles. The van der Waals surface area contributed by atoms with Crippen molar-refractivity contribution in [2.75, 3.05) is 0 Å².